The van der Waals surface area contributed by atoms with Gasteiger partial charge in [0, 0.05) is 12.3 Å². The number of benzene rings is 1. The van der Waals surface area contributed by atoms with Gasteiger partial charge in [0.1, 0.15) is 0 Å². The number of ether oxygens (including phenoxy) is 1. The van der Waals surface area contributed by atoms with Gasteiger partial charge in [0.05, 0.1) is 0 Å². The van der Waals surface area contributed by atoms with E-state index < -0.39 is 0 Å². The van der Waals surface area contributed by atoms with Crippen LogP contribution in [0, 0.1) is 0 Å². The van der Waals surface area contributed by atoms with Gasteiger partial charge in [-0.05, 0) is 27.9 Å². The molecule has 0 saturated carbocycles. The van der Waals surface area contributed by atoms with Crippen molar-refractivity contribution in [2.45, 2.75) is 23.8 Å². The van der Waals surface area contributed by atoms with Crippen molar-refractivity contribution in [1.82, 2.24) is 0 Å². The van der Waals surface area contributed by atoms with Crippen LogP contribution in [0.3, 0.4) is 0 Å². The summed E-state index contributed by atoms with van der Waals surface area (Å²) in [6, 6.07) is 10.1. The predicted octanol–water partition coefficient (Wildman–Crippen LogP) is 2.83. The number of carbonyl (C=O) groups is 1. The number of esters is 1. The summed E-state index contributed by atoms with van der Waals surface area (Å²) in [5.41, 5.74) is 1.22. The molecule has 1 heterocycles. The minimum atomic E-state index is -0.175. The molecule has 0 radical (unpaired) electrons. The Morgan fingerprint density at radius 2 is 2.00 bits per heavy atom. The Morgan fingerprint density at radius 3 is 2.64 bits per heavy atom. The molecule has 0 N–H and O–H groups in total. The van der Waals surface area contributed by atoms with Gasteiger partial charge in [-0.2, -0.15) is 0 Å². The lowest BCUT2D eigenvalue weighted by atomic mass is 9.93. The summed E-state index contributed by atoms with van der Waals surface area (Å²) in [7, 11) is 0. The van der Waals surface area contributed by atoms with Crippen LogP contribution < -0.4 is 0 Å². The van der Waals surface area contributed by atoms with Crippen molar-refractivity contribution in [1.29, 1.82) is 0 Å². The molecule has 0 spiro atoms. The summed E-state index contributed by atoms with van der Waals surface area (Å²) >= 11 is 3.39. The highest BCUT2D eigenvalue weighted by Crippen LogP contribution is 2.34. The highest BCUT2D eigenvalue weighted by molar-refractivity contribution is 9.09. The lowest BCUT2D eigenvalue weighted by Crippen LogP contribution is -2.26. The molecule has 1 aliphatic heterocycles. The summed E-state index contributed by atoms with van der Waals surface area (Å²) in [6.07, 6.45) is 1.38. The van der Waals surface area contributed by atoms with Crippen LogP contribution in [0.15, 0.2) is 30.3 Å². The van der Waals surface area contributed by atoms with Crippen molar-refractivity contribution in [3.8, 4) is 0 Å². The van der Waals surface area contributed by atoms with Crippen molar-refractivity contribution in [3.63, 3.8) is 0 Å². The topological polar surface area (TPSA) is 26.3 Å². The van der Waals surface area contributed by atoms with Crippen LogP contribution in [-0.2, 0) is 9.53 Å². The Balaban J connectivity index is 2.16. The van der Waals surface area contributed by atoms with Gasteiger partial charge in [0.15, 0.2) is 5.01 Å². The van der Waals surface area contributed by atoms with Crippen LogP contribution in [0.5, 0.6) is 0 Å². The fourth-order valence-electron chi connectivity index (χ4n) is 1.69. The van der Waals surface area contributed by atoms with Gasteiger partial charge in [0.2, 0.25) is 0 Å². The molecule has 3 heteroatoms. The second-order valence-corrected chi connectivity index (χ2v) is 4.30. The van der Waals surface area contributed by atoms with Crippen molar-refractivity contribution in [2.24, 2.45) is 0 Å². The van der Waals surface area contributed by atoms with E-state index in [-0.39, 0.29) is 16.9 Å². The third-order valence-electron chi connectivity index (χ3n) is 2.45. The zero-order chi connectivity index (χ0) is 9.97. The van der Waals surface area contributed by atoms with E-state index >= 15 is 0 Å². The smallest absolute Gasteiger partial charge is 0.306 e. The lowest BCUT2D eigenvalue weighted by molar-refractivity contribution is -0.149. The Kier molecular flexibility index (Phi) is 2.87. The molecule has 1 aromatic carbocycles. The van der Waals surface area contributed by atoms with Gasteiger partial charge < -0.3 is 4.74 Å². The van der Waals surface area contributed by atoms with Crippen LogP contribution in [-0.4, -0.2) is 11.0 Å². The first-order valence-electron chi connectivity index (χ1n) is 4.66. The summed E-state index contributed by atoms with van der Waals surface area (Å²) in [5.74, 6) is 0.174. The molecule has 1 aromatic rings. The van der Waals surface area contributed by atoms with Crippen LogP contribution in [0.2, 0.25) is 0 Å². The first kappa shape index (κ1) is 9.71. The van der Waals surface area contributed by atoms with Crippen molar-refractivity contribution in [3.05, 3.63) is 35.9 Å². The minimum Gasteiger partial charge on any atom is -0.450 e. The molecule has 1 fully saturated rings. The van der Waals surface area contributed by atoms with Gasteiger partial charge in [-0.25, -0.2) is 0 Å². The van der Waals surface area contributed by atoms with Gasteiger partial charge >= 0.3 is 5.97 Å². The Labute approximate surface area is 91.4 Å². The Morgan fingerprint density at radius 1 is 1.29 bits per heavy atom. The maximum Gasteiger partial charge on any atom is 0.306 e. The van der Waals surface area contributed by atoms with E-state index in [1.165, 1.54) is 5.56 Å². The van der Waals surface area contributed by atoms with Gasteiger partial charge in [-0.15, -0.1) is 0 Å². The maximum absolute atomic E-state index is 11.0. The molecule has 0 aliphatic carbocycles. The predicted molar refractivity (Wildman–Crippen MR) is 57.2 cm³/mol. The second kappa shape index (κ2) is 4.13. The zero-order valence-electron chi connectivity index (χ0n) is 7.65. The van der Waals surface area contributed by atoms with E-state index in [4.69, 9.17) is 4.74 Å². The van der Waals surface area contributed by atoms with Gasteiger partial charge in [-0.1, -0.05) is 30.3 Å². The average Bonchev–Trinajstić information content (AvgIpc) is 2.19. The quantitative estimate of drug-likeness (QED) is 0.569. The number of alkyl halides is 1. The summed E-state index contributed by atoms with van der Waals surface area (Å²) in [4.78, 5) is 11.0. The highest BCUT2D eigenvalue weighted by atomic mass is 79.9. The zero-order valence-corrected chi connectivity index (χ0v) is 9.24. The first-order chi connectivity index (χ1) is 6.77. The van der Waals surface area contributed by atoms with E-state index in [2.05, 4.69) is 28.1 Å². The number of halogens is 1. The second-order valence-electron chi connectivity index (χ2n) is 3.40. The lowest BCUT2D eigenvalue weighted by Gasteiger charge is -2.27. The molecular weight excluding hydrogens is 244 g/mol. The monoisotopic (exact) mass is 254 g/mol. The number of hydrogen-bond acceptors (Lipinski definition) is 2. The molecule has 0 unspecified atom stereocenters. The summed E-state index contributed by atoms with van der Waals surface area (Å²) in [6.45, 7) is 0. The molecule has 1 aliphatic rings. The maximum atomic E-state index is 11.0. The third kappa shape index (κ3) is 1.98. The standard InChI is InChI=1S/C11H11BrO2/c12-11-9(6-7-10(13)14-11)8-4-2-1-3-5-8/h1-5,9,11H,6-7H2/t9-,11+/m1/s1. The molecule has 1 saturated heterocycles. The van der Waals surface area contributed by atoms with E-state index in [9.17, 15) is 4.79 Å². The molecular formula is C11H11BrO2. The van der Waals surface area contributed by atoms with Crippen LogP contribution in [0.1, 0.15) is 24.3 Å². The molecule has 14 heavy (non-hydrogen) atoms. The molecule has 2 rings (SSSR count). The largest absolute Gasteiger partial charge is 0.450 e. The number of rotatable bonds is 1. The number of hydrogen-bond donors (Lipinski definition) is 0. The van der Waals surface area contributed by atoms with E-state index in [1.54, 1.807) is 0 Å². The van der Waals surface area contributed by atoms with Crippen LogP contribution in [0.25, 0.3) is 0 Å². The molecule has 2 atom stereocenters. The Hall–Kier alpha value is -0.830. The molecule has 0 bridgehead atoms. The minimum absolute atomic E-state index is 0.112. The number of carbonyl (C=O) groups excluding carboxylic acids is 1. The van der Waals surface area contributed by atoms with Crippen LogP contribution >= 0.6 is 15.9 Å². The molecule has 74 valence electrons. The van der Waals surface area contributed by atoms with Crippen molar-refractivity contribution < 1.29 is 9.53 Å². The van der Waals surface area contributed by atoms with Gasteiger partial charge in [0.25, 0.3) is 0 Å². The number of cyclic esters (lactones) is 1. The first-order valence-corrected chi connectivity index (χ1v) is 5.57. The normalized spacial score (nSPS) is 27.1. The van der Waals surface area contributed by atoms with Gasteiger partial charge in [-0.3, -0.25) is 4.79 Å². The summed E-state index contributed by atoms with van der Waals surface area (Å²) in [5, 5.41) is -0.175. The van der Waals surface area contributed by atoms with E-state index in [0.29, 0.717) is 6.42 Å². The fourth-order valence-corrected chi connectivity index (χ4v) is 2.47. The average molecular weight is 255 g/mol. The van der Waals surface area contributed by atoms with Crippen molar-refractivity contribution >= 4 is 21.9 Å². The fraction of sp³-hybridized carbons (Fsp3) is 0.364. The Bertz CT molecular complexity index is 323. The highest BCUT2D eigenvalue weighted by Gasteiger charge is 2.29. The SMILES string of the molecule is O=C1CC[C@H](c2ccccc2)[C@@H](Br)O1. The summed E-state index contributed by atoms with van der Waals surface area (Å²) < 4.78 is 5.13. The van der Waals surface area contributed by atoms with E-state index in [0.717, 1.165) is 6.42 Å². The van der Waals surface area contributed by atoms with E-state index in [1.807, 2.05) is 18.2 Å². The molecule has 0 aromatic heterocycles. The third-order valence-corrected chi connectivity index (χ3v) is 3.27. The molecule has 0 amide bonds. The van der Waals surface area contributed by atoms with Crippen molar-refractivity contribution in [2.75, 3.05) is 0 Å². The van der Waals surface area contributed by atoms with Crippen LogP contribution in [0.4, 0.5) is 0 Å². The molecule has 2 nitrogen and oxygen atoms in total.